The number of rotatable bonds is 4. The Balaban J connectivity index is 1.36. The van der Waals surface area contributed by atoms with Crippen molar-refractivity contribution < 1.29 is 4.79 Å². The van der Waals surface area contributed by atoms with Gasteiger partial charge in [-0.2, -0.15) is 0 Å². The van der Waals surface area contributed by atoms with E-state index in [0.29, 0.717) is 11.4 Å². The van der Waals surface area contributed by atoms with Crippen LogP contribution >= 0.6 is 0 Å². The minimum Gasteiger partial charge on any atom is -0.354 e. The van der Waals surface area contributed by atoms with Crippen molar-refractivity contribution in [2.75, 3.05) is 43.4 Å². The van der Waals surface area contributed by atoms with Gasteiger partial charge in [-0.1, -0.05) is 18.2 Å². The number of carbonyl (C=O) groups excluding carboxylic acids is 1. The molecule has 0 radical (unpaired) electrons. The van der Waals surface area contributed by atoms with E-state index in [9.17, 15) is 4.79 Å². The molecule has 5 rings (SSSR count). The Kier molecular flexibility index (Phi) is 5.47. The molecule has 7 heteroatoms. The predicted molar refractivity (Wildman–Crippen MR) is 127 cm³/mol. The third-order valence-corrected chi connectivity index (χ3v) is 5.76. The van der Waals surface area contributed by atoms with Crippen molar-refractivity contribution in [3.8, 4) is 11.3 Å². The van der Waals surface area contributed by atoms with Gasteiger partial charge in [0.15, 0.2) is 0 Å². The maximum atomic E-state index is 12.9. The number of benzene rings is 1. The van der Waals surface area contributed by atoms with Crippen LogP contribution in [0.5, 0.6) is 0 Å². The quantitative estimate of drug-likeness (QED) is 0.539. The number of hydrogen-bond donors (Lipinski definition) is 1. The fourth-order valence-electron chi connectivity index (χ4n) is 3.86. The number of carbonyl (C=O) groups is 1. The summed E-state index contributed by atoms with van der Waals surface area (Å²) in [6, 6.07) is 17.4. The van der Waals surface area contributed by atoms with E-state index in [1.54, 1.807) is 24.7 Å². The molecule has 1 aliphatic rings. The molecule has 4 aromatic rings. The van der Waals surface area contributed by atoms with Crippen molar-refractivity contribution >= 4 is 28.3 Å². The zero-order valence-electron chi connectivity index (χ0n) is 17.9. The van der Waals surface area contributed by atoms with E-state index in [-0.39, 0.29) is 5.91 Å². The Morgan fingerprint density at radius 1 is 0.875 bits per heavy atom. The summed E-state index contributed by atoms with van der Waals surface area (Å²) in [5, 5.41) is 4.92. The summed E-state index contributed by atoms with van der Waals surface area (Å²) in [6.07, 6.45) is 5.24. The number of anilines is 2. The van der Waals surface area contributed by atoms with Crippen molar-refractivity contribution in [1.29, 1.82) is 0 Å². The molecule has 1 amide bonds. The molecule has 1 fully saturated rings. The number of amides is 1. The fourth-order valence-corrected chi connectivity index (χ4v) is 3.86. The van der Waals surface area contributed by atoms with Gasteiger partial charge in [-0.15, -0.1) is 0 Å². The summed E-state index contributed by atoms with van der Waals surface area (Å²) in [6.45, 7) is 3.78. The molecule has 1 aliphatic heterocycles. The first kappa shape index (κ1) is 20.1. The fraction of sp³-hybridized carbons (Fsp3) is 0.200. The minimum absolute atomic E-state index is 0.199. The van der Waals surface area contributed by atoms with Crippen LogP contribution in [0.4, 0.5) is 11.6 Å². The van der Waals surface area contributed by atoms with Gasteiger partial charge in [0.1, 0.15) is 11.6 Å². The molecule has 0 bridgehead atoms. The van der Waals surface area contributed by atoms with Gasteiger partial charge in [-0.05, 0) is 48.8 Å². The van der Waals surface area contributed by atoms with Crippen LogP contribution in [0.15, 0.2) is 73.2 Å². The highest BCUT2D eigenvalue weighted by atomic mass is 16.1. The summed E-state index contributed by atoms with van der Waals surface area (Å²) in [4.78, 5) is 30.7. The highest BCUT2D eigenvalue weighted by Gasteiger charge is 2.17. The van der Waals surface area contributed by atoms with Crippen LogP contribution in [0.1, 0.15) is 10.4 Å². The maximum Gasteiger partial charge on any atom is 0.257 e. The van der Waals surface area contributed by atoms with Gasteiger partial charge < -0.3 is 15.1 Å². The van der Waals surface area contributed by atoms with Gasteiger partial charge in [0.05, 0.1) is 5.69 Å². The monoisotopic (exact) mass is 424 g/mol. The highest BCUT2D eigenvalue weighted by molar-refractivity contribution is 6.05. The Morgan fingerprint density at radius 2 is 1.75 bits per heavy atom. The zero-order valence-corrected chi connectivity index (χ0v) is 17.9. The van der Waals surface area contributed by atoms with Crippen LogP contribution in [-0.2, 0) is 0 Å². The van der Waals surface area contributed by atoms with Crippen LogP contribution in [0.2, 0.25) is 0 Å². The van der Waals surface area contributed by atoms with E-state index in [1.807, 2.05) is 42.5 Å². The van der Waals surface area contributed by atoms with Gasteiger partial charge in [0.2, 0.25) is 0 Å². The summed E-state index contributed by atoms with van der Waals surface area (Å²) >= 11 is 0. The molecular formula is C25H24N6O. The lowest BCUT2D eigenvalue weighted by atomic mass is 10.1. The first-order chi connectivity index (χ1) is 15.7. The molecule has 3 aromatic heterocycles. The number of nitrogens with zero attached hydrogens (tertiary/aromatic N) is 5. The summed E-state index contributed by atoms with van der Waals surface area (Å²) in [7, 11) is 2.12. The Labute approximate surface area is 186 Å². The van der Waals surface area contributed by atoms with Crippen LogP contribution in [-0.4, -0.2) is 59.0 Å². The summed E-state index contributed by atoms with van der Waals surface area (Å²) < 4.78 is 0. The third-order valence-electron chi connectivity index (χ3n) is 5.76. The number of pyridine rings is 3. The highest BCUT2D eigenvalue weighted by Crippen LogP contribution is 2.24. The molecule has 0 spiro atoms. The van der Waals surface area contributed by atoms with Crippen LogP contribution in [0.3, 0.4) is 0 Å². The molecular weight excluding hydrogens is 400 g/mol. The largest absolute Gasteiger partial charge is 0.354 e. The van der Waals surface area contributed by atoms with Crippen LogP contribution < -0.4 is 10.2 Å². The molecule has 1 N–H and O–H groups in total. The molecule has 0 aliphatic carbocycles. The van der Waals surface area contributed by atoms with E-state index < -0.39 is 0 Å². The molecule has 0 unspecified atom stereocenters. The second-order valence-electron chi connectivity index (χ2n) is 7.99. The van der Waals surface area contributed by atoms with E-state index in [0.717, 1.165) is 54.0 Å². The van der Waals surface area contributed by atoms with Gasteiger partial charge >= 0.3 is 0 Å². The van der Waals surface area contributed by atoms with Gasteiger partial charge in [0, 0.05) is 61.3 Å². The number of aromatic nitrogens is 3. The predicted octanol–water partition coefficient (Wildman–Crippen LogP) is 3.70. The van der Waals surface area contributed by atoms with Gasteiger partial charge in [-0.25, -0.2) is 9.97 Å². The van der Waals surface area contributed by atoms with E-state index in [2.05, 4.69) is 43.2 Å². The van der Waals surface area contributed by atoms with Crippen molar-refractivity contribution in [2.24, 2.45) is 0 Å². The van der Waals surface area contributed by atoms with E-state index in [1.165, 1.54) is 0 Å². The van der Waals surface area contributed by atoms with Crippen LogP contribution in [0.25, 0.3) is 22.0 Å². The second-order valence-corrected chi connectivity index (χ2v) is 7.99. The molecule has 7 nitrogen and oxygen atoms in total. The Morgan fingerprint density at radius 3 is 2.56 bits per heavy atom. The molecule has 160 valence electrons. The van der Waals surface area contributed by atoms with Crippen LogP contribution in [0, 0.1) is 0 Å². The molecule has 0 atom stereocenters. The lowest BCUT2D eigenvalue weighted by molar-refractivity contribution is 0.102. The van der Waals surface area contributed by atoms with Gasteiger partial charge in [0.25, 0.3) is 5.91 Å². The molecule has 32 heavy (non-hydrogen) atoms. The molecule has 0 saturated carbocycles. The SMILES string of the molecule is CN1CCN(c2cc(C(=O)Nc3cc4cc(-c5ccccn5)ccc4cn3)ccn2)CC1. The summed E-state index contributed by atoms with van der Waals surface area (Å²) in [5.74, 6) is 1.14. The normalized spacial score (nSPS) is 14.5. The first-order valence-electron chi connectivity index (χ1n) is 10.7. The van der Waals surface area contributed by atoms with E-state index in [4.69, 9.17) is 0 Å². The molecule has 1 aromatic carbocycles. The number of nitrogens with one attached hydrogen (secondary N) is 1. The topological polar surface area (TPSA) is 74.2 Å². The van der Waals surface area contributed by atoms with Crippen molar-refractivity contribution in [1.82, 2.24) is 19.9 Å². The third kappa shape index (κ3) is 4.29. The second kappa shape index (κ2) is 8.72. The van der Waals surface area contributed by atoms with E-state index >= 15 is 0 Å². The number of piperazine rings is 1. The number of fused-ring (bicyclic) bond motifs is 1. The zero-order chi connectivity index (χ0) is 21.9. The average Bonchev–Trinajstić information content (AvgIpc) is 2.84. The minimum atomic E-state index is -0.199. The van der Waals surface area contributed by atoms with Crippen molar-refractivity contribution in [2.45, 2.75) is 0 Å². The Hall–Kier alpha value is -3.84. The lowest BCUT2D eigenvalue weighted by Gasteiger charge is -2.33. The lowest BCUT2D eigenvalue weighted by Crippen LogP contribution is -2.44. The van der Waals surface area contributed by atoms with Crippen molar-refractivity contribution in [3.63, 3.8) is 0 Å². The average molecular weight is 425 g/mol. The van der Waals surface area contributed by atoms with Gasteiger partial charge in [-0.3, -0.25) is 9.78 Å². The molecule has 1 saturated heterocycles. The van der Waals surface area contributed by atoms with Crippen molar-refractivity contribution in [3.05, 3.63) is 78.8 Å². The Bertz CT molecular complexity index is 1250. The maximum absolute atomic E-state index is 12.9. The smallest absolute Gasteiger partial charge is 0.257 e. The standard InChI is InChI=1S/C25H24N6O/c1-30-10-12-31(13-11-30)24-16-19(7-9-27-24)25(32)29-23-15-21-14-18(5-6-20(21)17-28-23)22-4-2-3-8-26-22/h2-9,14-17H,10-13H2,1H3,(H,28,29,32). The molecule has 4 heterocycles. The number of hydrogen-bond acceptors (Lipinski definition) is 6. The number of likely N-dealkylation sites (N-methyl/N-ethyl adjacent to an activating group) is 1. The summed E-state index contributed by atoms with van der Waals surface area (Å²) in [5.41, 5.74) is 2.50. The first-order valence-corrected chi connectivity index (χ1v) is 10.7.